The normalized spacial score (nSPS) is 14.5. The highest BCUT2D eigenvalue weighted by atomic mass is 32.1. The van der Waals surface area contributed by atoms with Gasteiger partial charge in [-0.15, -0.1) is 0 Å². The van der Waals surface area contributed by atoms with Crippen molar-refractivity contribution in [2.75, 3.05) is 58.5 Å². The summed E-state index contributed by atoms with van der Waals surface area (Å²) in [5.41, 5.74) is 2.51. The summed E-state index contributed by atoms with van der Waals surface area (Å²) in [6.07, 6.45) is 0. The third-order valence-electron chi connectivity index (χ3n) is 5.47. The molecule has 1 amide bonds. The second kappa shape index (κ2) is 9.64. The molecule has 1 aromatic heterocycles. The summed E-state index contributed by atoms with van der Waals surface area (Å²) in [5, 5.41) is 0.677. The van der Waals surface area contributed by atoms with Gasteiger partial charge in [-0.25, -0.2) is 4.98 Å². The smallest absolute Gasteiger partial charge is 0.260 e. The van der Waals surface area contributed by atoms with E-state index in [4.69, 9.17) is 19.2 Å². The van der Waals surface area contributed by atoms with Crippen LogP contribution in [0.5, 0.6) is 11.5 Å². The number of anilines is 1. The van der Waals surface area contributed by atoms with Crippen LogP contribution >= 0.6 is 11.3 Å². The first-order valence-electron chi connectivity index (χ1n) is 10.3. The van der Waals surface area contributed by atoms with Crippen molar-refractivity contribution in [3.8, 4) is 11.5 Å². The molecule has 164 valence electrons. The molecule has 0 aliphatic carbocycles. The van der Waals surface area contributed by atoms with Gasteiger partial charge < -0.3 is 14.2 Å². The first kappa shape index (κ1) is 21.5. The molecule has 1 fully saturated rings. The summed E-state index contributed by atoms with van der Waals surface area (Å²) < 4.78 is 17.2. The Morgan fingerprint density at radius 1 is 1.13 bits per heavy atom. The lowest BCUT2D eigenvalue weighted by Gasteiger charge is -2.29. The van der Waals surface area contributed by atoms with Gasteiger partial charge in [-0.05, 0) is 42.8 Å². The Balaban J connectivity index is 1.67. The number of rotatable bonds is 7. The molecule has 0 unspecified atom stereocenters. The largest absolute Gasteiger partial charge is 0.497 e. The fraction of sp³-hybridized carbons (Fsp3) is 0.391. The molecule has 8 heteroatoms. The molecule has 2 heterocycles. The average Bonchev–Trinajstić information content (AvgIpc) is 3.26. The summed E-state index contributed by atoms with van der Waals surface area (Å²) in [4.78, 5) is 22.4. The van der Waals surface area contributed by atoms with Crippen molar-refractivity contribution in [2.45, 2.75) is 6.92 Å². The minimum Gasteiger partial charge on any atom is -0.497 e. The summed E-state index contributed by atoms with van der Waals surface area (Å²) in [5.74, 6) is 1.36. The number of ether oxygens (including phenoxy) is 3. The summed E-state index contributed by atoms with van der Waals surface area (Å²) in [7, 11) is 3.25. The van der Waals surface area contributed by atoms with Gasteiger partial charge in [0, 0.05) is 31.7 Å². The molecule has 3 aromatic rings. The van der Waals surface area contributed by atoms with Gasteiger partial charge in [-0.2, -0.15) is 0 Å². The van der Waals surface area contributed by atoms with E-state index in [1.165, 1.54) is 11.3 Å². The molecular weight excluding hydrogens is 414 g/mol. The van der Waals surface area contributed by atoms with Gasteiger partial charge in [0.05, 0.1) is 32.1 Å². The number of nitrogens with zero attached hydrogens (tertiary/aromatic N) is 3. The Bertz CT molecular complexity index is 1040. The Kier molecular flexibility index (Phi) is 6.70. The van der Waals surface area contributed by atoms with E-state index in [1.807, 2.05) is 19.1 Å². The number of aryl methyl sites for hydroxylation is 1. The van der Waals surface area contributed by atoms with Crippen molar-refractivity contribution < 1.29 is 19.0 Å². The van der Waals surface area contributed by atoms with Crippen LogP contribution in [0.2, 0.25) is 0 Å². The van der Waals surface area contributed by atoms with Crippen molar-refractivity contribution >= 4 is 32.6 Å². The molecule has 1 aliphatic rings. The minimum absolute atomic E-state index is 0.0772. The van der Waals surface area contributed by atoms with E-state index in [1.54, 1.807) is 43.4 Å². The van der Waals surface area contributed by atoms with E-state index >= 15 is 0 Å². The molecule has 4 rings (SSSR count). The first-order chi connectivity index (χ1) is 15.1. The number of carbonyl (C=O) groups is 1. The molecule has 0 radical (unpaired) electrons. The second-order valence-corrected chi connectivity index (χ2v) is 8.38. The molecule has 0 bridgehead atoms. The molecule has 1 aliphatic heterocycles. The van der Waals surface area contributed by atoms with Crippen LogP contribution in [-0.4, -0.2) is 69.4 Å². The van der Waals surface area contributed by atoms with Crippen molar-refractivity contribution in [3.63, 3.8) is 0 Å². The molecule has 2 aromatic carbocycles. The number of benzene rings is 2. The Morgan fingerprint density at radius 2 is 1.87 bits per heavy atom. The Morgan fingerprint density at radius 3 is 2.55 bits per heavy atom. The first-order valence-corrected chi connectivity index (χ1v) is 11.1. The van der Waals surface area contributed by atoms with Crippen LogP contribution in [0.4, 0.5) is 5.13 Å². The Hall–Kier alpha value is -2.68. The van der Waals surface area contributed by atoms with Crippen LogP contribution in [0.3, 0.4) is 0 Å². The molecule has 7 nitrogen and oxygen atoms in total. The maximum absolute atomic E-state index is 13.5. The van der Waals surface area contributed by atoms with Gasteiger partial charge in [-0.1, -0.05) is 17.4 Å². The van der Waals surface area contributed by atoms with Crippen LogP contribution in [0.25, 0.3) is 10.2 Å². The number of hydrogen-bond acceptors (Lipinski definition) is 7. The number of methoxy groups -OCH3 is 2. The van der Waals surface area contributed by atoms with Crippen molar-refractivity contribution in [1.29, 1.82) is 0 Å². The monoisotopic (exact) mass is 441 g/mol. The number of hydrogen-bond donors (Lipinski definition) is 0. The van der Waals surface area contributed by atoms with Crippen molar-refractivity contribution in [3.05, 3.63) is 47.5 Å². The van der Waals surface area contributed by atoms with Crippen LogP contribution in [0.15, 0.2) is 36.4 Å². The third-order valence-corrected chi connectivity index (χ3v) is 6.68. The molecule has 0 atom stereocenters. The summed E-state index contributed by atoms with van der Waals surface area (Å²) in [6.45, 7) is 6.55. The molecule has 31 heavy (non-hydrogen) atoms. The topological polar surface area (TPSA) is 64.1 Å². The van der Waals surface area contributed by atoms with E-state index in [2.05, 4.69) is 4.90 Å². The number of carbonyl (C=O) groups excluding carboxylic acids is 1. The van der Waals surface area contributed by atoms with Crippen molar-refractivity contribution in [2.24, 2.45) is 0 Å². The second-order valence-electron chi connectivity index (χ2n) is 7.40. The summed E-state index contributed by atoms with van der Waals surface area (Å²) in [6, 6.07) is 11.1. The SMILES string of the molecule is COc1ccc(C(=O)N(CCN2CCOCC2)c2nc3c(OC)ccc(C)c3s2)cc1. The quantitative estimate of drug-likeness (QED) is 0.558. The van der Waals surface area contributed by atoms with Gasteiger partial charge in [0.15, 0.2) is 5.13 Å². The standard InChI is InChI=1S/C23H27N3O4S/c1-16-4-9-19(29-3)20-21(16)31-23(24-20)26(11-10-25-12-14-30-15-13-25)22(27)17-5-7-18(28-2)8-6-17/h4-9H,10-15H2,1-3H3. The highest BCUT2D eigenvalue weighted by Crippen LogP contribution is 2.36. The van der Waals surface area contributed by atoms with E-state index < -0.39 is 0 Å². The van der Waals surface area contributed by atoms with Crippen LogP contribution in [-0.2, 0) is 4.74 Å². The highest BCUT2D eigenvalue weighted by molar-refractivity contribution is 7.22. The van der Waals surface area contributed by atoms with E-state index in [-0.39, 0.29) is 5.91 Å². The highest BCUT2D eigenvalue weighted by Gasteiger charge is 2.24. The summed E-state index contributed by atoms with van der Waals surface area (Å²) >= 11 is 1.52. The van der Waals surface area contributed by atoms with Crippen LogP contribution in [0.1, 0.15) is 15.9 Å². The molecule has 0 saturated carbocycles. The maximum Gasteiger partial charge on any atom is 0.260 e. The zero-order chi connectivity index (χ0) is 21.8. The predicted molar refractivity (Wildman–Crippen MR) is 123 cm³/mol. The van der Waals surface area contributed by atoms with E-state index in [0.29, 0.717) is 23.0 Å². The molecule has 0 N–H and O–H groups in total. The zero-order valence-corrected chi connectivity index (χ0v) is 18.9. The number of morpholine rings is 1. The zero-order valence-electron chi connectivity index (χ0n) is 18.1. The van der Waals surface area contributed by atoms with Crippen LogP contribution < -0.4 is 14.4 Å². The van der Waals surface area contributed by atoms with Crippen molar-refractivity contribution in [1.82, 2.24) is 9.88 Å². The van der Waals surface area contributed by atoms with Gasteiger partial charge in [-0.3, -0.25) is 14.6 Å². The Labute approximate surface area is 186 Å². The number of thiazole rings is 1. The molecule has 1 saturated heterocycles. The average molecular weight is 442 g/mol. The number of amides is 1. The molecular formula is C23H27N3O4S. The fourth-order valence-electron chi connectivity index (χ4n) is 3.62. The van der Waals surface area contributed by atoms with Gasteiger partial charge in [0.2, 0.25) is 0 Å². The van der Waals surface area contributed by atoms with E-state index in [0.717, 1.165) is 54.4 Å². The van der Waals surface area contributed by atoms with Gasteiger partial charge in [0.25, 0.3) is 5.91 Å². The lowest BCUT2D eigenvalue weighted by atomic mass is 10.2. The molecule has 0 spiro atoms. The van der Waals surface area contributed by atoms with Gasteiger partial charge in [0.1, 0.15) is 17.0 Å². The lowest BCUT2D eigenvalue weighted by Crippen LogP contribution is -2.43. The van der Waals surface area contributed by atoms with Crippen LogP contribution in [0, 0.1) is 6.92 Å². The predicted octanol–water partition coefficient (Wildman–Crippen LogP) is 3.60. The number of fused-ring (bicyclic) bond motifs is 1. The maximum atomic E-state index is 13.5. The fourth-order valence-corrected chi connectivity index (χ4v) is 4.69. The third kappa shape index (κ3) is 4.66. The van der Waals surface area contributed by atoms with E-state index in [9.17, 15) is 4.79 Å². The van der Waals surface area contributed by atoms with Gasteiger partial charge >= 0.3 is 0 Å². The lowest BCUT2D eigenvalue weighted by molar-refractivity contribution is 0.0391. The number of aromatic nitrogens is 1. The minimum atomic E-state index is -0.0772.